The van der Waals surface area contributed by atoms with Crippen LogP contribution in [-0.2, 0) is 41.0 Å². The minimum absolute atomic E-state index is 0.0365. The zero-order chi connectivity index (χ0) is 31.4. The summed E-state index contributed by atoms with van der Waals surface area (Å²) in [7, 11) is -4.67. The van der Waals surface area contributed by atoms with Crippen LogP contribution in [0.2, 0.25) is 0 Å². The highest BCUT2D eigenvalue weighted by Crippen LogP contribution is 2.40. The molecule has 0 bridgehead atoms. The van der Waals surface area contributed by atoms with E-state index in [0.29, 0.717) is 17.9 Å². The Kier molecular flexibility index (Phi) is 9.89. The number of nitrogen functional groups attached to an aromatic ring is 1. The number of pyridine rings is 1. The number of nitrogens with zero attached hydrogens (tertiary/aromatic N) is 4. The number of aliphatic carboxylic acids is 2. The van der Waals surface area contributed by atoms with Gasteiger partial charge < -0.3 is 26.1 Å². The third kappa shape index (κ3) is 8.00. The van der Waals surface area contributed by atoms with E-state index in [-0.39, 0.29) is 22.2 Å². The van der Waals surface area contributed by atoms with E-state index in [1.807, 2.05) is 22.8 Å². The fraction of sp³-hybridized carbons (Fsp3) is 0.318. The van der Waals surface area contributed by atoms with Gasteiger partial charge in [-0.1, -0.05) is 11.2 Å². The van der Waals surface area contributed by atoms with Gasteiger partial charge in [-0.15, -0.1) is 23.1 Å². The van der Waals surface area contributed by atoms with Gasteiger partial charge in [0.15, 0.2) is 29.8 Å². The van der Waals surface area contributed by atoms with Gasteiger partial charge in [0, 0.05) is 28.8 Å². The predicted molar refractivity (Wildman–Crippen MR) is 146 cm³/mol. The number of rotatable bonds is 9. The first-order valence-electron chi connectivity index (χ1n) is 11.6. The number of carboxylic acids is 2. The summed E-state index contributed by atoms with van der Waals surface area (Å²) in [5, 5.41) is 26.3. The zero-order valence-electron chi connectivity index (χ0n) is 21.8. The molecule has 0 radical (unpaired) electrons. The molecular weight excluding hydrogens is 620 g/mol. The molecule has 7 N–H and O–H groups in total. The zero-order valence-corrected chi connectivity index (χ0v) is 24.2. The lowest BCUT2D eigenvalue weighted by Crippen LogP contribution is -2.71. The Morgan fingerprint density at radius 3 is 2.38 bits per heavy atom. The van der Waals surface area contributed by atoms with E-state index in [4.69, 9.17) is 28.1 Å². The van der Waals surface area contributed by atoms with Crippen molar-refractivity contribution in [3.8, 4) is 0 Å². The number of hydrogen-bond donors (Lipinski definition) is 6. The van der Waals surface area contributed by atoms with Gasteiger partial charge in [-0.3, -0.25) is 23.6 Å². The van der Waals surface area contributed by atoms with E-state index in [1.165, 1.54) is 35.9 Å². The third-order valence-electron chi connectivity index (χ3n) is 5.55. The number of carbonyl (C=O) groups is 4. The lowest BCUT2D eigenvalue weighted by molar-refractivity contribution is -0.689. The first-order chi connectivity index (χ1) is 19.5. The van der Waals surface area contributed by atoms with E-state index >= 15 is 0 Å². The molecule has 4 heterocycles. The van der Waals surface area contributed by atoms with Crippen molar-refractivity contribution in [3.63, 3.8) is 0 Å². The number of fused-ring (bicyclic) bond motifs is 1. The van der Waals surface area contributed by atoms with Crippen molar-refractivity contribution in [1.29, 1.82) is 0 Å². The minimum Gasteiger partial charge on any atom is -0.478 e. The van der Waals surface area contributed by atoms with Crippen LogP contribution in [0.15, 0.2) is 52.4 Å². The van der Waals surface area contributed by atoms with Crippen LogP contribution < -0.4 is 15.6 Å². The first-order valence-corrected chi connectivity index (χ1v) is 14.9. The molecule has 2 aromatic heterocycles. The average molecular weight is 646 g/mol. The highest BCUT2D eigenvalue weighted by molar-refractivity contribution is 8.00. The molecule has 226 valence electrons. The summed E-state index contributed by atoms with van der Waals surface area (Å²) < 4.78 is 33.4. The van der Waals surface area contributed by atoms with Gasteiger partial charge in [0.1, 0.15) is 22.8 Å². The molecule has 0 saturated carbocycles. The molecule has 0 unspecified atom stereocenters. The number of thioether (sulfide) groups is 1. The number of aromatic nitrogens is 2. The Morgan fingerprint density at radius 1 is 1.24 bits per heavy atom. The van der Waals surface area contributed by atoms with Crippen molar-refractivity contribution in [2.75, 3.05) is 11.5 Å². The Bertz CT molecular complexity index is 1550. The second-order valence-electron chi connectivity index (χ2n) is 9.03. The number of hydrogen-bond acceptors (Lipinski definition) is 12. The Balaban J connectivity index is 0.000000892. The number of anilines is 1. The van der Waals surface area contributed by atoms with E-state index in [0.717, 1.165) is 11.3 Å². The number of nitrogens with one attached hydrogen (secondary N) is 1. The highest BCUT2D eigenvalue weighted by atomic mass is 32.3. The molecule has 2 amide bonds. The van der Waals surface area contributed by atoms with E-state index in [1.54, 1.807) is 12.4 Å². The summed E-state index contributed by atoms with van der Waals surface area (Å²) in [6.07, 6.45) is 3.59. The maximum atomic E-state index is 13.1. The Morgan fingerprint density at radius 2 is 1.86 bits per heavy atom. The quantitative estimate of drug-likeness (QED) is 0.0653. The van der Waals surface area contributed by atoms with Gasteiger partial charge in [0.05, 0.1) is 0 Å². The van der Waals surface area contributed by atoms with Crippen molar-refractivity contribution >= 4 is 68.1 Å². The summed E-state index contributed by atoms with van der Waals surface area (Å²) in [5.41, 5.74) is 4.04. The summed E-state index contributed by atoms with van der Waals surface area (Å²) in [4.78, 5) is 59.9. The van der Waals surface area contributed by atoms with E-state index in [9.17, 15) is 29.4 Å². The van der Waals surface area contributed by atoms with Crippen LogP contribution >= 0.6 is 23.1 Å². The minimum atomic E-state index is -4.67. The second-order valence-corrected chi connectivity index (χ2v) is 11.9. The highest BCUT2D eigenvalue weighted by Gasteiger charge is 2.55. The van der Waals surface area contributed by atoms with Crippen molar-refractivity contribution in [2.45, 2.75) is 37.4 Å². The van der Waals surface area contributed by atoms with Gasteiger partial charge in [0.2, 0.25) is 5.60 Å². The molecule has 2 aromatic rings. The average Bonchev–Trinajstić information content (AvgIpc) is 3.32. The van der Waals surface area contributed by atoms with Crippen LogP contribution in [0.25, 0.3) is 0 Å². The van der Waals surface area contributed by atoms with Gasteiger partial charge in [0.25, 0.3) is 11.8 Å². The van der Waals surface area contributed by atoms with Crippen LogP contribution in [0.1, 0.15) is 19.5 Å². The van der Waals surface area contributed by atoms with Crippen LogP contribution in [0.3, 0.4) is 0 Å². The topological polar surface area (TPSA) is 263 Å². The van der Waals surface area contributed by atoms with Crippen LogP contribution in [-0.4, -0.2) is 89.9 Å². The fourth-order valence-electron chi connectivity index (χ4n) is 3.57. The number of β-lactam (4-membered cyclic amide) rings is 1. The molecule has 20 heteroatoms. The Hall–Kier alpha value is -4.11. The third-order valence-corrected chi connectivity index (χ3v) is 7.56. The lowest BCUT2D eigenvalue weighted by Gasteiger charge is -2.49. The SMILES string of the molecule is CC(C)(O/N=C(/C(=O)N[C@@H]1C(=O)N2C(C(=O)O)=C(C[n+]3ccccc3)CS[C@H]12)c1csc(N)n1)C(=O)O.O=S(=O)(O)O. The summed E-state index contributed by atoms with van der Waals surface area (Å²) >= 11 is 2.35. The van der Waals surface area contributed by atoms with Crippen molar-refractivity contribution in [2.24, 2.45) is 5.16 Å². The normalized spacial score (nSPS) is 18.7. The molecule has 1 saturated heterocycles. The van der Waals surface area contributed by atoms with Crippen LogP contribution in [0, 0.1) is 0 Å². The molecule has 0 aromatic carbocycles. The van der Waals surface area contributed by atoms with Crippen molar-refractivity contribution < 1.29 is 56.3 Å². The number of carbonyl (C=O) groups excluding carboxylic acids is 2. The van der Waals surface area contributed by atoms with Crippen molar-refractivity contribution in [3.05, 3.63) is 52.9 Å². The first kappa shape index (κ1) is 32.4. The van der Waals surface area contributed by atoms with Gasteiger partial charge in [-0.25, -0.2) is 19.1 Å². The van der Waals surface area contributed by atoms with Gasteiger partial charge >= 0.3 is 22.3 Å². The molecule has 2 atom stereocenters. The number of carboxylic acid groups (broad SMARTS) is 2. The molecular formula is C22H25N6O11S3+. The molecule has 0 aliphatic carbocycles. The standard InChI is InChI=1S/C22H22N6O7S2.H2O4S/c1-22(2,20(33)34)35-26-13(12-10-37-21(23)24-12)16(29)25-14-17(30)28-15(19(31)32)11(9-36-18(14)28)8-27-6-4-3-5-7-27;1-5(2,3)4/h3-7,10,14,18H,8-9H2,1-2H3,(H4-,23,24,25,29,31,32,33,34);(H2,1,2,3,4)/p+1/b26-13+;/t14-,18-;/m1./s1. The van der Waals surface area contributed by atoms with Crippen LogP contribution in [0.5, 0.6) is 0 Å². The number of amides is 2. The van der Waals surface area contributed by atoms with Crippen molar-refractivity contribution in [1.82, 2.24) is 15.2 Å². The second kappa shape index (κ2) is 12.8. The maximum absolute atomic E-state index is 13.1. The van der Waals surface area contributed by atoms with E-state index in [2.05, 4.69) is 15.5 Å². The summed E-state index contributed by atoms with van der Waals surface area (Å²) in [6, 6.07) is 4.44. The Labute approximate surface area is 246 Å². The summed E-state index contributed by atoms with van der Waals surface area (Å²) in [6.45, 7) is 2.80. The number of thiazole rings is 1. The molecule has 17 nitrogen and oxygen atoms in total. The fourth-order valence-corrected chi connectivity index (χ4v) is 5.46. The van der Waals surface area contributed by atoms with E-state index < -0.39 is 51.2 Å². The van der Waals surface area contributed by atoms with Crippen LogP contribution in [0.4, 0.5) is 5.13 Å². The number of nitrogens with two attached hydrogens (primary N) is 1. The summed E-state index contributed by atoms with van der Waals surface area (Å²) in [5.74, 6) is -3.66. The molecule has 2 aliphatic heterocycles. The predicted octanol–water partition coefficient (Wildman–Crippen LogP) is -0.617. The maximum Gasteiger partial charge on any atom is 0.394 e. The van der Waals surface area contributed by atoms with Gasteiger partial charge in [-0.2, -0.15) is 8.42 Å². The lowest BCUT2D eigenvalue weighted by atomic mass is 10.0. The molecule has 2 aliphatic rings. The smallest absolute Gasteiger partial charge is 0.394 e. The number of oxime groups is 1. The monoisotopic (exact) mass is 645 g/mol. The molecule has 0 spiro atoms. The molecule has 4 rings (SSSR count). The largest absolute Gasteiger partial charge is 0.478 e. The van der Waals surface area contributed by atoms with Gasteiger partial charge in [-0.05, 0) is 13.8 Å². The molecule has 42 heavy (non-hydrogen) atoms. The molecule has 1 fully saturated rings.